The van der Waals surface area contributed by atoms with Crippen molar-refractivity contribution in [3.05, 3.63) is 40.3 Å². The number of thiophene rings is 1. The minimum atomic E-state index is -1.00. The second kappa shape index (κ2) is 6.10. The predicted octanol–water partition coefficient (Wildman–Crippen LogP) is 3.99. The van der Waals surface area contributed by atoms with Crippen molar-refractivity contribution >= 4 is 35.0 Å². The molecule has 2 aliphatic rings. The van der Waals surface area contributed by atoms with E-state index >= 15 is 0 Å². The Morgan fingerprint density at radius 1 is 1.24 bits per heavy atom. The number of nitrogens with zero attached hydrogens (tertiary/aromatic N) is 1. The van der Waals surface area contributed by atoms with E-state index in [1.165, 1.54) is 34.1 Å². The number of fused-ring (bicyclic) bond motifs is 3. The zero-order valence-electron chi connectivity index (χ0n) is 12.9. The van der Waals surface area contributed by atoms with E-state index in [4.69, 9.17) is 0 Å². The third-order valence-electron chi connectivity index (χ3n) is 4.44. The van der Waals surface area contributed by atoms with Crippen LogP contribution in [0.1, 0.15) is 28.1 Å². The molecule has 1 unspecified atom stereocenters. The Labute approximate surface area is 150 Å². The van der Waals surface area contributed by atoms with Crippen LogP contribution >= 0.6 is 23.1 Å². The van der Waals surface area contributed by atoms with E-state index < -0.39 is 23.6 Å². The molecule has 0 spiro atoms. The number of hydrogen-bond donors (Lipinski definition) is 1. The third kappa shape index (κ3) is 2.73. The molecule has 0 aliphatic carbocycles. The van der Waals surface area contributed by atoms with Crippen LogP contribution in [0, 0.1) is 11.6 Å². The fourth-order valence-electron chi connectivity index (χ4n) is 3.30. The number of rotatable bonds is 2. The molecule has 25 heavy (non-hydrogen) atoms. The number of likely N-dealkylation sites (tertiary alicyclic amines) is 1. The Hall–Kier alpha value is -1.93. The van der Waals surface area contributed by atoms with Gasteiger partial charge >= 0.3 is 5.97 Å². The maximum absolute atomic E-state index is 14.0. The summed E-state index contributed by atoms with van der Waals surface area (Å²) in [5, 5.41) is 9.26. The number of carbonyl (C=O) groups excluding carboxylic acids is 1. The van der Waals surface area contributed by atoms with Gasteiger partial charge in [-0.2, -0.15) is 0 Å². The number of halogens is 2. The van der Waals surface area contributed by atoms with Gasteiger partial charge in [0.15, 0.2) is 0 Å². The first kappa shape index (κ1) is 16.5. The Kier molecular flexibility index (Phi) is 4.04. The molecule has 1 aromatic carbocycles. The minimum Gasteiger partial charge on any atom is -0.480 e. The van der Waals surface area contributed by atoms with Gasteiger partial charge < -0.3 is 10.0 Å². The Morgan fingerprint density at radius 2 is 2.04 bits per heavy atom. The monoisotopic (exact) mass is 381 g/mol. The van der Waals surface area contributed by atoms with E-state index in [1.54, 1.807) is 6.07 Å². The quantitative estimate of drug-likeness (QED) is 0.855. The highest BCUT2D eigenvalue weighted by Gasteiger charge is 2.36. The van der Waals surface area contributed by atoms with Crippen LogP contribution in [0.2, 0.25) is 0 Å². The van der Waals surface area contributed by atoms with Crippen molar-refractivity contribution in [2.75, 3.05) is 6.54 Å². The summed E-state index contributed by atoms with van der Waals surface area (Å²) in [5.41, 5.74) is 1.31. The minimum absolute atomic E-state index is 0.326. The number of benzene rings is 1. The van der Waals surface area contributed by atoms with Crippen molar-refractivity contribution in [1.82, 2.24) is 4.90 Å². The number of amides is 1. The molecule has 4 rings (SSSR count). The van der Waals surface area contributed by atoms with Gasteiger partial charge in [0.1, 0.15) is 17.7 Å². The van der Waals surface area contributed by atoms with E-state index in [0.717, 1.165) is 11.6 Å². The van der Waals surface area contributed by atoms with Crippen molar-refractivity contribution in [2.24, 2.45) is 0 Å². The zero-order valence-corrected chi connectivity index (χ0v) is 14.6. The van der Waals surface area contributed by atoms with Crippen LogP contribution in [0.4, 0.5) is 8.78 Å². The molecule has 1 amide bonds. The first-order chi connectivity index (χ1) is 12.0. The average Bonchev–Trinajstić information content (AvgIpc) is 3.21. The molecular formula is C17H13F2NO3S2. The van der Waals surface area contributed by atoms with Crippen molar-refractivity contribution < 1.29 is 23.5 Å². The standard InChI is InChI=1S/C17H13F2NO3S2/c18-9-5-10-14-8(7-24-15(10)11(19)6-9)4-13(25-14)16(21)20-3-1-2-12(20)17(22)23/h4-6,12H,1-3,7H2,(H,22,23). The molecule has 0 saturated carbocycles. The van der Waals surface area contributed by atoms with Gasteiger partial charge in [-0.25, -0.2) is 13.6 Å². The second-order valence-corrected chi connectivity index (χ2v) is 8.05. The molecule has 130 valence electrons. The molecule has 1 N–H and O–H groups in total. The van der Waals surface area contributed by atoms with E-state index in [2.05, 4.69) is 0 Å². The summed E-state index contributed by atoms with van der Waals surface area (Å²) >= 11 is 2.45. The fourth-order valence-corrected chi connectivity index (χ4v) is 5.66. The summed E-state index contributed by atoms with van der Waals surface area (Å²) in [6, 6.07) is 3.06. The smallest absolute Gasteiger partial charge is 0.326 e. The lowest BCUT2D eigenvalue weighted by atomic mass is 10.1. The summed E-state index contributed by atoms with van der Waals surface area (Å²) in [6.45, 7) is 0.410. The predicted molar refractivity (Wildman–Crippen MR) is 90.9 cm³/mol. The van der Waals surface area contributed by atoms with Gasteiger partial charge in [-0.1, -0.05) is 0 Å². The van der Waals surface area contributed by atoms with Gasteiger partial charge in [0, 0.05) is 28.8 Å². The second-order valence-electron chi connectivity index (χ2n) is 6.01. The van der Waals surface area contributed by atoms with E-state index in [-0.39, 0.29) is 5.91 Å². The number of carboxylic acids is 1. The van der Waals surface area contributed by atoms with Crippen molar-refractivity contribution in [1.29, 1.82) is 0 Å². The summed E-state index contributed by atoms with van der Waals surface area (Å²) < 4.78 is 27.6. The van der Waals surface area contributed by atoms with Gasteiger partial charge in [-0.3, -0.25) is 4.79 Å². The maximum Gasteiger partial charge on any atom is 0.326 e. The molecule has 8 heteroatoms. The SMILES string of the molecule is O=C(O)C1CCCN1C(=O)c1cc2c(s1)-c1cc(F)cc(F)c1SC2. The molecule has 1 atom stereocenters. The molecular weight excluding hydrogens is 368 g/mol. The first-order valence-electron chi connectivity index (χ1n) is 7.74. The Morgan fingerprint density at radius 3 is 2.80 bits per heavy atom. The summed E-state index contributed by atoms with van der Waals surface area (Å²) in [4.78, 5) is 26.9. The average molecular weight is 381 g/mol. The number of hydrogen-bond acceptors (Lipinski definition) is 4. The maximum atomic E-state index is 14.0. The molecule has 2 aliphatic heterocycles. The number of carbonyl (C=O) groups is 2. The first-order valence-corrected chi connectivity index (χ1v) is 9.54. The Bertz CT molecular complexity index is 896. The molecule has 1 aromatic heterocycles. The van der Waals surface area contributed by atoms with Crippen molar-refractivity contribution in [3.63, 3.8) is 0 Å². The Balaban J connectivity index is 1.72. The number of aliphatic carboxylic acids is 1. The van der Waals surface area contributed by atoms with Crippen LogP contribution in [0.3, 0.4) is 0 Å². The van der Waals surface area contributed by atoms with Crippen LogP contribution < -0.4 is 0 Å². The van der Waals surface area contributed by atoms with Gasteiger partial charge in [0.05, 0.1) is 9.77 Å². The molecule has 1 fully saturated rings. The highest BCUT2D eigenvalue weighted by molar-refractivity contribution is 7.98. The molecule has 4 nitrogen and oxygen atoms in total. The van der Waals surface area contributed by atoms with Crippen LogP contribution in [0.25, 0.3) is 10.4 Å². The van der Waals surface area contributed by atoms with Crippen molar-refractivity contribution in [2.45, 2.75) is 29.5 Å². The van der Waals surface area contributed by atoms with E-state index in [0.29, 0.717) is 45.4 Å². The topological polar surface area (TPSA) is 57.6 Å². The molecule has 3 heterocycles. The summed E-state index contributed by atoms with van der Waals surface area (Å²) in [7, 11) is 0. The molecule has 1 saturated heterocycles. The van der Waals surface area contributed by atoms with Gasteiger partial charge in [0.2, 0.25) is 0 Å². The summed E-state index contributed by atoms with van der Waals surface area (Å²) in [5.74, 6) is -2.09. The lowest BCUT2D eigenvalue weighted by Gasteiger charge is -2.20. The highest BCUT2D eigenvalue weighted by Crippen LogP contribution is 2.47. The number of carboxylic acid groups (broad SMARTS) is 1. The molecule has 0 radical (unpaired) electrons. The van der Waals surface area contributed by atoms with E-state index in [9.17, 15) is 23.5 Å². The molecule has 2 aromatic rings. The molecule has 0 bridgehead atoms. The van der Waals surface area contributed by atoms with Gasteiger partial charge in [0.25, 0.3) is 5.91 Å². The number of thioether (sulfide) groups is 1. The van der Waals surface area contributed by atoms with Crippen LogP contribution in [-0.4, -0.2) is 34.5 Å². The van der Waals surface area contributed by atoms with Crippen LogP contribution in [-0.2, 0) is 10.5 Å². The normalized spacial score (nSPS) is 18.8. The summed E-state index contributed by atoms with van der Waals surface area (Å²) in [6.07, 6.45) is 1.10. The fraction of sp³-hybridized carbons (Fsp3) is 0.294. The lowest BCUT2D eigenvalue weighted by Crippen LogP contribution is -2.40. The van der Waals surface area contributed by atoms with Crippen LogP contribution in [0.5, 0.6) is 0 Å². The van der Waals surface area contributed by atoms with E-state index in [1.807, 2.05) is 0 Å². The van der Waals surface area contributed by atoms with Crippen LogP contribution in [0.15, 0.2) is 23.1 Å². The largest absolute Gasteiger partial charge is 0.480 e. The lowest BCUT2D eigenvalue weighted by molar-refractivity contribution is -0.141. The third-order valence-corrected chi connectivity index (χ3v) is 6.80. The highest BCUT2D eigenvalue weighted by atomic mass is 32.2. The van der Waals surface area contributed by atoms with Gasteiger partial charge in [-0.15, -0.1) is 23.1 Å². The van der Waals surface area contributed by atoms with Gasteiger partial charge in [-0.05, 0) is 30.5 Å². The van der Waals surface area contributed by atoms with Crippen molar-refractivity contribution in [3.8, 4) is 10.4 Å². The zero-order chi connectivity index (χ0) is 17.7.